The van der Waals surface area contributed by atoms with Crippen LogP contribution in [0.5, 0.6) is 5.75 Å². The Morgan fingerprint density at radius 3 is 2.48 bits per heavy atom. The summed E-state index contributed by atoms with van der Waals surface area (Å²) in [5.41, 5.74) is 0.795. The Morgan fingerprint density at radius 2 is 1.81 bits per heavy atom. The number of carbonyl (C=O) groups is 2. The molecular weight excluding hydrogens is 705 g/mol. The molecule has 1 aliphatic carbocycles. The lowest BCUT2D eigenvalue weighted by Crippen LogP contribution is -2.46. The van der Waals surface area contributed by atoms with Crippen LogP contribution in [0, 0.1) is 6.92 Å². The van der Waals surface area contributed by atoms with Crippen molar-refractivity contribution in [3.63, 3.8) is 0 Å². The van der Waals surface area contributed by atoms with E-state index in [4.69, 9.17) is 21.3 Å². The lowest BCUT2D eigenvalue weighted by molar-refractivity contribution is -0.137. The summed E-state index contributed by atoms with van der Waals surface area (Å²) in [5.74, 6) is -0.966. The van der Waals surface area contributed by atoms with Crippen molar-refractivity contribution >= 4 is 34.9 Å². The summed E-state index contributed by atoms with van der Waals surface area (Å²) >= 11 is 6.13. The van der Waals surface area contributed by atoms with E-state index in [0.29, 0.717) is 49.1 Å². The fraction of sp³-hybridized carbons (Fsp3) is 0.343. The highest BCUT2D eigenvalue weighted by Gasteiger charge is 2.46. The van der Waals surface area contributed by atoms with Gasteiger partial charge >= 0.3 is 6.18 Å². The number of aryl methyl sites for hydroxylation is 1. The number of rotatable bonds is 7. The van der Waals surface area contributed by atoms with Crippen molar-refractivity contribution in [2.75, 3.05) is 25.5 Å². The minimum absolute atomic E-state index is 0.00916. The predicted octanol–water partition coefficient (Wildman–Crippen LogP) is 4.94. The Balaban J connectivity index is 1.25. The number of carbonyl (C=O) groups excluding carboxylic acids is 2. The Labute approximate surface area is 299 Å². The molecule has 1 aliphatic heterocycles. The number of anilines is 1. The van der Waals surface area contributed by atoms with E-state index in [1.165, 1.54) is 10.8 Å². The Morgan fingerprint density at radius 1 is 1.08 bits per heavy atom. The van der Waals surface area contributed by atoms with Gasteiger partial charge in [-0.2, -0.15) is 22.7 Å². The van der Waals surface area contributed by atoms with Crippen LogP contribution in [0.15, 0.2) is 53.6 Å². The number of alkyl halides is 3. The molecule has 7 rings (SSSR count). The molecule has 0 atom stereocenters. The number of aromatic nitrogens is 6. The van der Waals surface area contributed by atoms with E-state index in [2.05, 4.69) is 20.4 Å². The van der Waals surface area contributed by atoms with Gasteiger partial charge in [-0.25, -0.2) is 9.97 Å². The largest absolute Gasteiger partial charge is 0.504 e. The first-order valence-electron chi connectivity index (χ1n) is 16.4. The SMILES string of the molecule is COCc1ccc(-c2nc3n(CC(=O)Nc4ccc(C(F)(F)F)cc4Cl)c4c(c(=O)n3n2)C2(CC4)CCN(C(=O)c3ncnc(C)c3O)CC2)cc1. The average molecular weight is 737 g/mol. The highest BCUT2D eigenvalue weighted by Crippen LogP contribution is 2.45. The van der Waals surface area contributed by atoms with E-state index in [1.54, 1.807) is 35.6 Å². The van der Waals surface area contributed by atoms with Gasteiger partial charge in [-0.1, -0.05) is 35.9 Å². The summed E-state index contributed by atoms with van der Waals surface area (Å²) in [5, 5.41) is 17.3. The molecule has 2 N–H and O–H groups in total. The predicted molar refractivity (Wildman–Crippen MR) is 182 cm³/mol. The first-order valence-corrected chi connectivity index (χ1v) is 16.7. The monoisotopic (exact) mass is 736 g/mol. The molecule has 17 heteroatoms. The standard InChI is InChI=1S/C35H32ClF3N8O5/c1-19-29(49)28(41-18-40-19)32(51)45-13-11-34(12-14-45)10-9-25-27(34)31(50)47-33(43-30(44-47)21-5-3-20(4-6-21)17-52-2)46(25)16-26(48)42-24-8-7-22(15-23(24)36)35(37,38)39/h3-8,15,18,49H,9-14,16-17H2,1-2H3,(H,42,48). The van der Waals surface area contributed by atoms with E-state index >= 15 is 0 Å². The van der Waals surface area contributed by atoms with Crippen molar-refractivity contribution in [3.8, 4) is 17.1 Å². The molecule has 3 aromatic heterocycles. The summed E-state index contributed by atoms with van der Waals surface area (Å²) in [4.78, 5) is 55.5. The number of benzene rings is 2. The molecule has 0 bridgehead atoms. The number of nitrogens with zero attached hydrogens (tertiary/aromatic N) is 7. The lowest BCUT2D eigenvalue weighted by atomic mass is 9.74. The fourth-order valence-corrected chi connectivity index (χ4v) is 7.35. The van der Waals surface area contributed by atoms with Gasteiger partial charge < -0.3 is 24.6 Å². The van der Waals surface area contributed by atoms with Crippen molar-refractivity contribution < 1.29 is 32.6 Å². The van der Waals surface area contributed by atoms with Gasteiger partial charge in [0.05, 0.1) is 28.6 Å². The van der Waals surface area contributed by atoms with Gasteiger partial charge in [0, 0.05) is 42.4 Å². The smallest absolute Gasteiger partial charge is 0.416 e. The quantitative estimate of drug-likeness (QED) is 0.236. The molecular formula is C35H32ClF3N8O5. The highest BCUT2D eigenvalue weighted by atomic mass is 35.5. The maximum absolute atomic E-state index is 14.4. The third-order valence-corrected chi connectivity index (χ3v) is 10.1. The Hall–Kier alpha value is -5.35. The number of hydrogen-bond donors (Lipinski definition) is 2. The molecule has 1 spiro atoms. The average Bonchev–Trinajstić information content (AvgIpc) is 3.72. The summed E-state index contributed by atoms with van der Waals surface area (Å²) in [6.45, 7) is 2.19. The molecule has 13 nitrogen and oxygen atoms in total. The zero-order valence-corrected chi connectivity index (χ0v) is 28.8. The molecule has 270 valence electrons. The van der Waals surface area contributed by atoms with Gasteiger partial charge in [0.25, 0.3) is 11.5 Å². The van der Waals surface area contributed by atoms with Crippen molar-refractivity contribution in [1.82, 2.24) is 34.0 Å². The minimum atomic E-state index is -4.61. The van der Waals surface area contributed by atoms with Crippen LogP contribution in [0.25, 0.3) is 17.2 Å². The van der Waals surface area contributed by atoms with Gasteiger partial charge in [0.1, 0.15) is 12.9 Å². The van der Waals surface area contributed by atoms with Crippen molar-refractivity contribution in [3.05, 3.63) is 97.9 Å². The summed E-state index contributed by atoms with van der Waals surface area (Å²) in [6.07, 6.45) is -1.56. The number of likely N-dealkylation sites (tertiary alicyclic amines) is 1. The van der Waals surface area contributed by atoms with Crippen LogP contribution < -0.4 is 10.9 Å². The molecule has 0 saturated carbocycles. The third kappa shape index (κ3) is 6.25. The maximum Gasteiger partial charge on any atom is 0.416 e. The first kappa shape index (κ1) is 35.1. The topological polar surface area (TPSA) is 157 Å². The van der Waals surface area contributed by atoms with Gasteiger partial charge in [0.15, 0.2) is 17.3 Å². The number of aromatic hydroxyl groups is 1. The van der Waals surface area contributed by atoms with Crippen molar-refractivity contribution in [1.29, 1.82) is 0 Å². The number of fused-ring (bicyclic) bond motifs is 3. The zero-order valence-electron chi connectivity index (χ0n) is 28.0. The van der Waals surface area contributed by atoms with E-state index in [9.17, 15) is 32.7 Å². The molecule has 4 heterocycles. The Kier molecular flexibility index (Phi) is 8.99. The van der Waals surface area contributed by atoms with E-state index < -0.39 is 29.0 Å². The van der Waals surface area contributed by atoms with Crippen LogP contribution in [0.1, 0.15) is 57.8 Å². The van der Waals surface area contributed by atoms with E-state index in [1.807, 2.05) is 12.1 Å². The van der Waals surface area contributed by atoms with Crippen LogP contribution in [-0.4, -0.2) is 71.2 Å². The second-order valence-corrected chi connectivity index (χ2v) is 13.4. The van der Waals surface area contributed by atoms with Crippen LogP contribution in [0.3, 0.4) is 0 Å². The molecule has 2 amide bonds. The molecule has 0 unspecified atom stereocenters. The fourth-order valence-electron chi connectivity index (χ4n) is 7.12. The summed E-state index contributed by atoms with van der Waals surface area (Å²) < 4.78 is 47.7. The minimum Gasteiger partial charge on any atom is -0.504 e. The normalized spacial score (nSPS) is 15.3. The van der Waals surface area contributed by atoms with Gasteiger partial charge in [0.2, 0.25) is 11.7 Å². The number of hydrogen-bond acceptors (Lipinski definition) is 9. The summed E-state index contributed by atoms with van der Waals surface area (Å²) in [7, 11) is 1.59. The summed E-state index contributed by atoms with van der Waals surface area (Å²) in [6, 6.07) is 9.96. The molecule has 2 aromatic carbocycles. The second-order valence-electron chi connectivity index (χ2n) is 13.0. The molecule has 1 fully saturated rings. The van der Waals surface area contributed by atoms with E-state index in [-0.39, 0.29) is 64.6 Å². The van der Waals surface area contributed by atoms with Crippen LogP contribution >= 0.6 is 11.6 Å². The van der Waals surface area contributed by atoms with E-state index in [0.717, 1.165) is 23.8 Å². The maximum atomic E-state index is 14.4. The van der Waals surface area contributed by atoms with Gasteiger partial charge in [-0.05, 0) is 56.4 Å². The number of nitrogens with one attached hydrogen (secondary N) is 1. The molecule has 1 saturated heterocycles. The highest BCUT2D eigenvalue weighted by molar-refractivity contribution is 6.33. The first-order chi connectivity index (χ1) is 24.8. The Bertz CT molecular complexity index is 2280. The van der Waals surface area contributed by atoms with Crippen LogP contribution in [0.2, 0.25) is 5.02 Å². The number of halogens is 4. The van der Waals surface area contributed by atoms with Gasteiger partial charge in [-0.15, -0.1) is 5.10 Å². The van der Waals surface area contributed by atoms with Gasteiger partial charge in [-0.3, -0.25) is 14.4 Å². The number of methoxy groups -OCH3 is 1. The van der Waals surface area contributed by atoms with Crippen molar-refractivity contribution in [2.24, 2.45) is 0 Å². The molecule has 0 radical (unpaired) electrons. The number of ether oxygens (including phenoxy) is 1. The number of piperidine rings is 1. The van der Waals surface area contributed by atoms with Crippen molar-refractivity contribution in [2.45, 2.75) is 57.3 Å². The molecule has 52 heavy (non-hydrogen) atoms. The molecule has 2 aliphatic rings. The number of amides is 2. The second kappa shape index (κ2) is 13.3. The molecule has 5 aromatic rings. The lowest BCUT2D eigenvalue weighted by Gasteiger charge is -2.39. The van der Waals surface area contributed by atoms with Crippen LogP contribution in [-0.2, 0) is 40.7 Å². The van der Waals surface area contributed by atoms with Crippen LogP contribution in [0.4, 0.5) is 18.9 Å². The zero-order chi connectivity index (χ0) is 36.9. The third-order valence-electron chi connectivity index (χ3n) is 9.83.